The van der Waals surface area contributed by atoms with Crippen LogP contribution in [0.15, 0.2) is 114 Å². The standard InChI is InChI=1S/C29H29N2P/c1-3-24-15-11-13-21-28(24)30-23-31(29-22-14-12-16-25(29)4-2)32(26-17-7-5-8-18-26)27-19-9-6-10-20-27/h5-23H,3-4H2,1-2H3. The Bertz CT molecular complexity index is 1120. The van der Waals surface area contributed by atoms with Gasteiger partial charge in [0.1, 0.15) is 0 Å². The number of para-hydroxylation sites is 2. The molecule has 3 heteroatoms. The third-order valence-corrected chi connectivity index (χ3v) is 7.84. The van der Waals surface area contributed by atoms with E-state index in [1.165, 1.54) is 27.4 Å². The van der Waals surface area contributed by atoms with E-state index in [0.29, 0.717) is 0 Å². The average molecular weight is 437 g/mol. The van der Waals surface area contributed by atoms with Gasteiger partial charge in [0.2, 0.25) is 0 Å². The van der Waals surface area contributed by atoms with E-state index in [0.717, 1.165) is 18.5 Å². The molecule has 4 aromatic carbocycles. The smallest absolute Gasteiger partial charge is 0.0995 e. The molecule has 0 aliphatic heterocycles. The van der Waals surface area contributed by atoms with Crippen LogP contribution in [0.4, 0.5) is 11.4 Å². The van der Waals surface area contributed by atoms with Gasteiger partial charge in [-0.2, -0.15) is 0 Å². The second-order valence-corrected chi connectivity index (χ2v) is 9.62. The molecule has 0 amide bonds. The minimum absolute atomic E-state index is 0.839. The van der Waals surface area contributed by atoms with Gasteiger partial charge >= 0.3 is 0 Å². The van der Waals surface area contributed by atoms with Crippen molar-refractivity contribution < 1.29 is 0 Å². The summed E-state index contributed by atoms with van der Waals surface area (Å²) >= 11 is 0. The zero-order valence-corrected chi connectivity index (χ0v) is 19.6. The fourth-order valence-corrected chi connectivity index (χ4v) is 6.11. The van der Waals surface area contributed by atoms with Crippen LogP contribution in [0.5, 0.6) is 0 Å². The summed E-state index contributed by atoms with van der Waals surface area (Å²) in [5.41, 5.74) is 4.83. The second kappa shape index (κ2) is 10.9. The van der Waals surface area contributed by atoms with E-state index >= 15 is 0 Å². The number of aliphatic imine (C=N–C) groups is 1. The summed E-state index contributed by atoms with van der Waals surface area (Å²) < 4.78 is 2.39. The van der Waals surface area contributed by atoms with Crippen molar-refractivity contribution in [3.63, 3.8) is 0 Å². The Hall–Kier alpha value is -3.22. The number of hydrogen-bond acceptors (Lipinski definition) is 1. The van der Waals surface area contributed by atoms with Crippen LogP contribution < -0.4 is 15.3 Å². The van der Waals surface area contributed by atoms with Crippen molar-refractivity contribution in [2.24, 2.45) is 4.99 Å². The lowest BCUT2D eigenvalue weighted by molar-refractivity contribution is 1.13. The summed E-state index contributed by atoms with van der Waals surface area (Å²) in [6, 6.07) is 38.7. The summed E-state index contributed by atoms with van der Waals surface area (Å²) in [4.78, 5) is 5.02. The van der Waals surface area contributed by atoms with Crippen LogP contribution in [0.25, 0.3) is 0 Å². The summed E-state index contributed by atoms with van der Waals surface area (Å²) in [6.07, 6.45) is 3.98. The average Bonchev–Trinajstić information content (AvgIpc) is 2.87. The molecular formula is C29H29N2P. The van der Waals surface area contributed by atoms with Crippen LogP contribution in [0.1, 0.15) is 25.0 Å². The highest BCUT2D eigenvalue weighted by atomic mass is 31.1. The third kappa shape index (κ3) is 4.98. The van der Waals surface area contributed by atoms with Crippen LogP contribution in [0.2, 0.25) is 0 Å². The molecule has 4 rings (SSSR count). The first-order valence-electron chi connectivity index (χ1n) is 11.2. The quantitative estimate of drug-likeness (QED) is 0.165. The molecule has 4 aromatic rings. The molecule has 32 heavy (non-hydrogen) atoms. The molecular weight excluding hydrogens is 407 g/mol. The summed E-state index contributed by atoms with van der Waals surface area (Å²) in [6.45, 7) is 4.40. The maximum atomic E-state index is 5.02. The van der Waals surface area contributed by atoms with Gasteiger partial charge in [-0.1, -0.05) is 111 Å². The topological polar surface area (TPSA) is 15.6 Å². The number of aryl methyl sites for hydroxylation is 2. The van der Waals surface area contributed by atoms with Crippen molar-refractivity contribution in [1.82, 2.24) is 0 Å². The Morgan fingerprint density at radius 1 is 0.625 bits per heavy atom. The van der Waals surface area contributed by atoms with Crippen LogP contribution >= 0.6 is 8.07 Å². The largest absolute Gasteiger partial charge is 0.302 e. The van der Waals surface area contributed by atoms with Crippen LogP contribution in [-0.4, -0.2) is 6.34 Å². The summed E-state index contributed by atoms with van der Waals surface area (Å²) in [5.74, 6) is 0. The first kappa shape index (κ1) is 22.0. The zero-order chi connectivity index (χ0) is 22.2. The van der Waals surface area contributed by atoms with E-state index in [1.807, 2.05) is 0 Å². The van der Waals surface area contributed by atoms with Crippen LogP contribution in [0, 0.1) is 0 Å². The third-order valence-electron chi connectivity index (χ3n) is 5.52. The van der Waals surface area contributed by atoms with Gasteiger partial charge in [-0.25, -0.2) is 4.99 Å². The maximum Gasteiger partial charge on any atom is 0.0995 e. The Morgan fingerprint density at radius 2 is 1.12 bits per heavy atom. The number of anilines is 1. The summed E-state index contributed by atoms with van der Waals surface area (Å²) in [7, 11) is -0.839. The Morgan fingerprint density at radius 3 is 1.72 bits per heavy atom. The molecule has 0 aliphatic carbocycles. The van der Waals surface area contributed by atoms with E-state index in [4.69, 9.17) is 4.99 Å². The van der Waals surface area contributed by atoms with Gasteiger partial charge in [0.05, 0.1) is 20.1 Å². The molecule has 0 atom stereocenters. The fourth-order valence-electron chi connectivity index (χ4n) is 3.84. The molecule has 0 aromatic heterocycles. The predicted octanol–water partition coefficient (Wildman–Crippen LogP) is 7.03. The highest BCUT2D eigenvalue weighted by molar-refractivity contribution is 7.75. The van der Waals surface area contributed by atoms with Crippen molar-refractivity contribution in [1.29, 1.82) is 0 Å². The number of hydrogen-bond donors (Lipinski definition) is 0. The van der Waals surface area contributed by atoms with Crippen molar-refractivity contribution in [3.8, 4) is 0 Å². The van der Waals surface area contributed by atoms with E-state index in [9.17, 15) is 0 Å². The summed E-state index contributed by atoms with van der Waals surface area (Å²) in [5, 5.41) is 2.60. The lowest BCUT2D eigenvalue weighted by Crippen LogP contribution is -2.28. The first-order valence-corrected chi connectivity index (χ1v) is 12.5. The first-order chi connectivity index (χ1) is 15.8. The minimum Gasteiger partial charge on any atom is -0.302 e. The predicted molar refractivity (Wildman–Crippen MR) is 141 cm³/mol. The monoisotopic (exact) mass is 436 g/mol. The van der Waals surface area contributed by atoms with Crippen molar-refractivity contribution in [2.75, 3.05) is 4.67 Å². The molecule has 0 fully saturated rings. The Balaban J connectivity index is 1.89. The Labute approximate surface area is 193 Å². The molecule has 0 N–H and O–H groups in total. The van der Waals surface area contributed by atoms with Gasteiger partial charge in [0.15, 0.2) is 0 Å². The van der Waals surface area contributed by atoms with Gasteiger partial charge in [0, 0.05) is 16.3 Å². The highest BCUT2D eigenvalue weighted by Crippen LogP contribution is 2.42. The second-order valence-electron chi connectivity index (χ2n) is 7.54. The lowest BCUT2D eigenvalue weighted by atomic mass is 10.1. The number of rotatable bonds is 8. The molecule has 0 spiro atoms. The Kier molecular flexibility index (Phi) is 7.48. The molecule has 0 radical (unpaired) electrons. The van der Waals surface area contributed by atoms with Gasteiger partial charge in [0.25, 0.3) is 0 Å². The van der Waals surface area contributed by atoms with Crippen molar-refractivity contribution in [3.05, 3.63) is 120 Å². The van der Waals surface area contributed by atoms with E-state index in [-0.39, 0.29) is 0 Å². The number of benzene rings is 4. The molecule has 0 aliphatic rings. The van der Waals surface area contributed by atoms with Crippen LogP contribution in [-0.2, 0) is 12.8 Å². The molecule has 0 heterocycles. The molecule has 0 bridgehead atoms. The lowest BCUT2D eigenvalue weighted by Gasteiger charge is -2.32. The van der Waals surface area contributed by atoms with Crippen LogP contribution in [0.3, 0.4) is 0 Å². The van der Waals surface area contributed by atoms with Gasteiger partial charge < -0.3 is 4.67 Å². The molecule has 160 valence electrons. The van der Waals surface area contributed by atoms with Crippen molar-refractivity contribution >= 4 is 36.4 Å². The molecule has 0 saturated heterocycles. The van der Waals surface area contributed by atoms with Gasteiger partial charge in [-0.15, -0.1) is 0 Å². The molecule has 0 unspecified atom stereocenters. The minimum atomic E-state index is -0.839. The van der Waals surface area contributed by atoms with Crippen molar-refractivity contribution in [2.45, 2.75) is 26.7 Å². The fraction of sp³-hybridized carbons (Fsp3) is 0.138. The zero-order valence-electron chi connectivity index (χ0n) is 18.7. The van der Waals surface area contributed by atoms with E-state index in [1.54, 1.807) is 0 Å². The SMILES string of the molecule is CCc1ccccc1N=CN(c1ccccc1CC)P(c1ccccc1)c1ccccc1. The highest BCUT2D eigenvalue weighted by Gasteiger charge is 2.23. The molecule has 2 nitrogen and oxygen atoms in total. The normalized spacial score (nSPS) is 11.2. The van der Waals surface area contributed by atoms with E-state index < -0.39 is 8.07 Å². The van der Waals surface area contributed by atoms with Gasteiger partial charge in [-0.3, -0.25) is 0 Å². The van der Waals surface area contributed by atoms with E-state index in [2.05, 4.69) is 134 Å². The maximum absolute atomic E-state index is 5.02. The number of nitrogens with zero attached hydrogens (tertiary/aromatic N) is 2. The molecule has 0 saturated carbocycles. The van der Waals surface area contributed by atoms with Gasteiger partial charge in [-0.05, 0) is 36.1 Å².